The molecule has 1 aliphatic rings. The highest BCUT2D eigenvalue weighted by molar-refractivity contribution is 6.30. The summed E-state index contributed by atoms with van der Waals surface area (Å²) >= 11 is 6.04. The van der Waals surface area contributed by atoms with Gasteiger partial charge in [-0.25, -0.2) is 0 Å². The standard InChI is InChI=1S/C18H23ClN4O2/c1-4-23-11-14(9-21-23)17(24)22-7-5-6-18(12-22,25-3)16-13(2)8-15(19)10-20-16/h8-11H,4-7,12H2,1-3H3. The van der Waals surface area contributed by atoms with E-state index in [9.17, 15) is 4.79 Å². The normalized spacial score (nSPS) is 20.7. The van der Waals surface area contributed by atoms with Crippen molar-refractivity contribution < 1.29 is 9.53 Å². The Labute approximate surface area is 152 Å². The highest BCUT2D eigenvalue weighted by Crippen LogP contribution is 2.36. The molecular weight excluding hydrogens is 340 g/mol. The van der Waals surface area contributed by atoms with Gasteiger partial charge in [-0.05, 0) is 38.3 Å². The minimum Gasteiger partial charge on any atom is -0.370 e. The topological polar surface area (TPSA) is 60.2 Å². The van der Waals surface area contributed by atoms with Crippen LogP contribution in [0.5, 0.6) is 0 Å². The smallest absolute Gasteiger partial charge is 0.257 e. The van der Waals surface area contributed by atoms with Crippen LogP contribution in [0.1, 0.15) is 41.4 Å². The number of likely N-dealkylation sites (tertiary alicyclic amines) is 1. The minimum absolute atomic E-state index is 0.0209. The molecule has 0 bridgehead atoms. The molecule has 0 aliphatic carbocycles. The average molecular weight is 363 g/mol. The van der Waals surface area contributed by atoms with Crippen molar-refractivity contribution in [2.45, 2.75) is 38.8 Å². The first-order chi connectivity index (χ1) is 12.0. The lowest BCUT2D eigenvalue weighted by molar-refractivity contribution is -0.0661. The number of rotatable bonds is 4. The number of ether oxygens (including phenoxy) is 1. The first-order valence-electron chi connectivity index (χ1n) is 8.48. The summed E-state index contributed by atoms with van der Waals surface area (Å²) in [4.78, 5) is 19.2. The van der Waals surface area contributed by atoms with Crippen molar-refractivity contribution in [3.63, 3.8) is 0 Å². The van der Waals surface area contributed by atoms with Crippen LogP contribution in [0, 0.1) is 6.92 Å². The predicted molar refractivity (Wildman–Crippen MR) is 95.7 cm³/mol. The van der Waals surface area contributed by atoms with E-state index in [1.54, 1.807) is 30.4 Å². The molecule has 6 nitrogen and oxygen atoms in total. The van der Waals surface area contributed by atoms with Crippen LogP contribution in [0.15, 0.2) is 24.7 Å². The number of carbonyl (C=O) groups excluding carboxylic acids is 1. The van der Waals surface area contributed by atoms with E-state index in [1.165, 1.54) is 0 Å². The number of carbonyl (C=O) groups is 1. The van der Waals surface area contributed by atoms with Crippen LogP contribution < -0.4 is 0 Å². The molecule has 2 aromatic heterocycles. The van der Waals surface area contributed by atoms with Crippen LogP contribution in [-0.4, -0.2) is 45.8 Å². The Balaban J connectivity index is 1.88. The molecule has 1 atom stereocenters. The monoisotopic (exact) mass is 362 g/mol. The maximum atomic E-state index is 12.9. The number of piperidine rings is 1. The fraction of sp³-hybridized carbons (Fsp3) is 0.500. The minimum atomic E-state index is -0.608. The van der Waals surface area contributed by atoms with E-state index in [0.717, 1.165) is 30.6 Å². The molecule has 1 unspecified atom stereocenters. The zero-order valence-electron chi connectivity index (χ0n) is 14.8. The summed E-state index contributed by atoms with van der Waals surface area (Å²) in [6, 6.07) is 1.89. The number of nitrogens with zero attached hydrogens (tertiary/aromatic N) is 4. The van der Waals surface area contributed by atoms with Crippen molar-refractivity contribution in [2.24, 2.45) is 0 Å². The summed E-state index contributed by atoms with van der Waals surface area (Å²) < 4.78 is 7.66. The molecule has 0 aromatic carbocycles. The predicted octanol–water partition coefficient (Wildman–Crippen LogP) is 3.04. The summed E-state index contributed by atoms with van der Waals surface area (Å²) in [5.41, 5.74) is 1.82. The Morgan fingerprint density at radius 2 is 2.24 bits per heavy atom. The zero-order valence-corrected chi connectivity index (χ0v) is 15.6. The number of hydrogen-bond donors (Lipinski definition) is 0. The maximum Gasteiger partial charge on any atom is 0.257 e. The van der Waals surface area contributed by atoms with Gasteiger partial charge in [0, 0.05) is 32.6 Å². The Hall–Kier alpha value is -1.92. The summed E-state index contributed by atoms with van der Waals surface area (Å²) in [5.74, 6) is -0.0209. The van der Waals surface area contributed by atoms with Gasteiger partial charge in [0.2, 0.25) is 0 Å². The van der Waals surface area contributed by atoms with E-state index in [2.05, 4.69) is 10.1 Å². The van der Waals surface area contributed by atoms with Gasteiger partial charge in [-0.1, -0.05) is 11.6 Å². The van der Waals surface area contributed by atoms with Crippen molar-refractivity contribution in [1.29, 1.82) is 0 Å². The lowest BCUT2D eigenvalue weighted by atomic mass is 9.86. The number of pyridine rings is 1. The van der Waals surface area contributed by atoms with Crippen molar-refractivity contribution in [3.05, 3.63) is 46.5 Å². The van der Waals surface area contributed by atoms with Crippen molar-refractivity contribution in [2.75, 3.05) is 20.2 Å². The van der Waals surface area contributed by atoms with Crippen molar-refractivity contribution in [3.8, 4) is 0 Å². The molecule has 1 fully saturated rings. The molecule has 1 saturated heterocycles. The molecule has 1 amide bonds. The average Bonchev–Trinajstić information content (AvgIpc) is 3.10. The first kappa shape index (κ1) is 17.9. The number of amides is 1. The summed E-state index contributed by atoms with van der Waals surface area (Å²) in [6.07, 6.45) is 6.72. The molecular formula is C18H23ClN4O2. The van der Waals surface area contributed by atoms with Crippen LogP contribution in [0.2, 0.25) is 5.02 Å². The number of hydrogen-bond acceptors (Lipinski definition) is 4. The molecule has 1 aliphatic heterocycles. The third-order valence-electron chi connectivity index (χ3n) is 4.81. The zero-order chi connectivity index (χ0) is 18.0. The highest BCUT2D eigenvalue weighted by atomic mass is 35.5. The molecule has 0 radical (unpaired) electrons. The Morgan fingerprint density at radius 3 is 2.88 bits per heavy atom. The molecule has 0 saturated carbocycles. The Morgan fingerprint density at radius 1 is 1.44 bits per heavy atom. The first-order valence-corrected chi connectivity index (χ1v) is 8.86. The van der Waals surface area contributed by atoms with Gasteiger partial charge in [0.1, 0.15) is 5.60 Å². The van der Waals surface area contributed by atoms with Gasteiger partial charge in [0.25, 0.3) is 5.91 Å². The highest BCUT2D eigenvalue weighted by Gasteiger charge is 2.41. The number of methoxy groups -OCH3 is 1. The lowest BCUT2D eigenvalue weighted by Crippen LogP contribution is -2.50. The van der Waals surface area contributed by atoms with Gasteiger partial charge in [0.05, 0.1) is 29.0 Å². The van der Waals surface area contributed by atoms with E-state index in [-0.39, 0.29) is 5.91 Å². The summed E-state index contributed by atoms with van der Waals surface area (Å²) in [7, 11) is 1.68. The summed E-state index contributed by atoms with van der Waals surface area (Å²) in [6.45, 7) is 5.88. The molecule has 2 aromatic rings. The molecule has 7 heteroatoms. The number of aromatic nitrogens is 3. The Kier molecular flexibility index (Phi) is 5.11. The third-order valence-corrected chi connectivity index (χ3v) is 5.02. The van der Waals surface area contributed by atoms with E-state index in [1.807, 2.05) is 24.8 Å². The number of halogens is 1. The largest absolute Gasteiger partial charge is 0.370 e. The maximum absolute atomic E-state index is 12.9. The second kappa shape index (κ2) is 7.14. The van der Waals surface area contributed by atoms with Crippen LogP contribution >= 0.6 is 11.6 Å². The quantitative estimate of drug-likeness (QED) is 0.838. The fourth-order valence-corrected chi connectivity index (χ4v) is 3.71. The van der Waals surface area contributed by atoms with E-state index < -0.39 is 5.60 Å². The molecule has 0 N–H and O–H groups in total. The Bertz CT molecular complexity index is 776. The van der Waals surface area contributed by atoms with Crippen molar-refractivity contribution in [1.82, 2.24) is 19.7 Å². The van der Waals surface area contributed by atoms with Crippen molar-refractivity contribution >= 4 is 17.5 Å². The van der Waals surface area contributed by atoms with Crippen LogP contribution in [0.4, 0.5) is 0 Å². The van der Waals surface area contributed by atoms with Gasteiger partial charge < -0.3 is 9.64 Å². The molecule has 134 valence electrons. The second-order valence-corrected chi connectivity index (χ2v) is 6.87. The van der Waals surface area contributed by atoms with Gasteiger partial charge >= 0.3 is 0 Å². The van der Waals surface area contributed by atoms with Gasteiger partial charge in [-0.15, -0.1) is 0 Å². The van der Waals surface area contributed by atoms with Crippen LogP contribution in [0.25, 0.3) is 0 Å². The molecule has 3 rings (SSSR count). The van der Waals surface area contributed by atoms with Crippen LogP contribution in [0.3, 0.4) is 0 Å². The van der Waals surface area contributed by atoms with Gasteiger partial charge in [-0.3, -0.25) is 14.5 Å². The van der Waals surface area contributed by atoms with Gasteiger partial charge in [0.15, 0.2) is 0 Å². The molecule has 0 spiro atoms. The van der Waals surface area contributed by atoms with Gasteiger partial charge in [-0.2, -0.15) is 5.10 Å². The molecule has 3 heterocycles. The number of aryl methyl sites for hydroxylation is 2. The molecule has 25 heavy (non-hydrogen) atoms. The van der Waals surface area contributed by atoms with E-state index >= 15 is 0 Å². The second-order valence-electron chi connectivity index (χ2n) is 6.43. The third kappa shape index (κ3) is 3.41. The SMILES string of the molecule is CCn1cc(C(=O)N2CCCC(OC)(c3ncc(Cl)cc3C)C2)cn1. The van der Waals surface area contributed by atoms with Crippen LogP contribution in [-0.2, 0) is 16.9 Å². The fourth-order valence-electron chi connectivity index (χ4n) is 3.50. The lowest BCUT2D eigenvalue weighted by Gasteiger charge is -2.42. The summed E-state index contributed by atoms with van der Waals surface area (Å²) in [5, 5.41) is 4.80. The van der Waals surface area contributed by atoms with E-state index in [0.29, 0.717) is 23.7 Å². The van der Waals surface area contributed by atoms with E-state index in [4.69, 9.17) is 16.3 Å².